The summed E-state index contributed by atoms with van der Waals surface area (Å²) in [5.74, 6) is 0.114. The Kier molecular flexibility index (Phi) is 10.7. The highest BCUT2D eigenvalue weighted by Gasteiger charge is 2.49. The van der Waals surface area contributed by atoms with Crippen LogP contribution >= 0.6 is 0 Å². The van der Waals surface area contributed by atoms with Crippen LogP contribution < -0.4 is 0 Å². The summed E-state index contributed by atoms with van der Waals surface area (Å²) in [5, 5.41) is 91.5. The lowest BCUT2D eigenvalue weighted by Gasteiger charge is -2.45. The molecule has 0 radical (unpaired) electrons. The molecule has 3 aliphatic heterocycles. The average molecular weight is 579 g/mol. The second-order valence-corrected chi connectivity index (χ2v) is 10.2. The van der Waals surface area contributed by atoms with Crippen LogP contribution in [0.15, 0.2) is 24.3 Å². The maximum atomic E-state index is 10.8. The lowest BCUT2D eigenvalue weighted by atomic mass is 9.98. The fourth-order valence-electron chi connectivity index (χ4n) is 4.69. The van der Waals surface area contributed by atoms with Crippen LogP contribution in [0.3, 0.4) is 0 Å². The van der Waals surface area contributed by atoms with Gasteiger partial charge in [-0.3, -0.25) is 0 Å². The lowest BCUT2D eigenvalue weighted by Crippen LogP contribution is -2.63. The Morgan fingerprint density at radius 2 is 1.38 bits per heavy atom. The van der Waals surface area contributed by atoms with Crippen LogP contribution in [0.1, 0.15) is 12.5 Å². The van der Waals surface area contributed by atoms with Crippen molar-refractivity contribution >= 4 is 0 Å². The first-order valence-electron chi connectivity index (χ1n) is 13.0. The molecule has 3 aliphatic rings. The SMILES string of the molecule is C[C@@H]1O[C@@H](OC[C@H]2O[C@@H](OCCc3ccc(O)cc3)[C@H](O)[C@@H](O)[C@@H]2O)[C@H](O)[C@H](O[C@@H]2OC[C@@H](O)[C@H](O)[C@H]2O)[C@H]1O. The Hall–Kier alpha value is -1.54. The van der Waals surface area contributed by atoms with Gasteiger partial charge in [0, 0.05) is 0 Å². The molecule has 15 heteroatoms. The van der Waals surface area contributed by atoms with E-state index in [-0.39, 0.29) is 19.0 Å². The molecule has 9 N–H and O–H groups in total. The molecule has 3 heterocycles. The number of hydrogen-bond acceptors (Lipinski definition) is 15. The Balaban J connectivity index is 1.33. The first-order valence-corrected chi connectivity index (χ1v) is 13.0. The number of phenolic OH excluding ortho intramolecular Hbond substituents is 1. The van der Waals surface area contributed by atoms with Crippen LogP contribution in [0, 0.1) is 0 Å². The van der Waals surface area contributed by atoms with E-state index in [1.807, 2.05) is 0 Å². The molecule has 3 fully saturated rings. The molecule has 14 atom stereocenters. The summed E-state index contributed by atoms with van der Waals surface area (Å²) in [6.45, 7) is 0.775. The van der Waals surface area contributed by atoms with Crippen LogP contribution in [-0.4, -0.2) is 152 Å². The van der Waals surface area contributed by atoms with Gasteiger partial charge in [0.25, 0.3) is 0 Å². The molecule has 15 nitrogen and oxygen atoms in total. The smallest absolute Gasteiger partial charge is 0.186 e. The van der Waals surface area contributed by atoms with Crippen LogP contribution in [-0.2, 0) is 34.8 Å². The summed E-state index contributed by atoms with van der Waals surface area (Å²) >= 11 is 0. The summed E-state index contributed by atoms with van der Waals surface area (Å²) < 4.78 is 33.1. The number of phenols is 1. The lowest BCUT2D eigenvalue weighted by molar-refractivity contribution is -0.353. The van der Waals surface area contributed by atoms with Crippen molar-refractivity contribution in [3.8, 4) is 5.75 Å². The molecule has 1 aromatic rings. The number of aliphatic hydroxyl groups is 8. The van der Waals surface area contributed by atoms with Crippen molar-refractivity contribution in [3.63, 3.8) is 0 Å². The fraction of sp³-hybridized carbons (Fsp3) is 0.760. The molecular formula is C25H38O15. The molecule has 0 unspecified atom stereocenters. The van der Waals surface area contributed by atoms with Crippen LogP contribution in [0.25, 0.3) is 0 Å². The van der Waals surface area contributed by atoms with E-state index in [9.17, 15) is 46.0 Å². The first kappa shape index (κ1) is 31.4. The van der Waals surface area contributed by atoms with Gasteiger partial charge in [-0.25, -0.2) is 0 Å². The highest BCUT2D eigenvalue weighted by molar-refractivity contribution is 5.25. The van der Waals surface area contributed by atoms with Gasteiger partial charge in [-0.15, -0.1) is 0 Å². The molecule has 0 aromatic heterocycles. The van der Waals surface area contributed by atoms with Crippen LogP contribution in [0.4, 0.5) is 0 Å². The van der Waals surface area contributed by atoms with E-state index in [2.05, 4.69) is 0 Å². The van der Waals surface area contributed by atoms with E-state index in [0.29, 0.717) is 6.42 Å². The fourth-order valence-corrected chi connectivity index (χ4v) is 4.69. The van der Waals surface area contributed by atoms with Crippen molar-refractivity contribution in [2.75, 3.05) is 19.8 Å². The largest absolute Gasteiger partial charge is 0.508 e. The second kappa shape index (κ2) is 13.6. The van der Waals surface area contributed by atoms with Crippen molar-refractivity contribution < 1.29 is 74.4 Å². The normalized spacial score (nSPS) is 44.4. The van der Waals surface area contributed by atoms with E-state index in [4.69, 9.17) is 28.4 Å². The summed E-state index contributed by atoms with van der Waals surface area (Å²) in [7, 11) is 0. The van der Waals surface area contributed by atoms with Gasteiger partial charge in [-0.2, -0.15) is 0 Å². The minimum atomic E-state index is -1.66. The molecule has 0 saturated carbocycles. The number of hydrogen-bond donors (Lipinski definition) is 9. The van der Waals surface area contributed by atoms with Gasteiger partial charge in [-0.1, -0.05) is 12.1 Å². The summed E-state index contributed by atoms with van der Waals surface area (Å²) in [4.78, 5) is 0. The molecule has 3 saturated heterocycles. The molecule has 0 spiro atoms. The Morgan fingerprint density at radius 1 is 0.725 bits per heavy atom. The highest BCUT2D eigenvalue weighted by Crippen LogP contribution is 2.29. The zero-order valence-electron chi connectivity index (χ0n) is 21.7. The van der Waals surface area contributed by atoms with E-state index in [1.165, 1.54) is 19.1 Å². The van der Waals surface area contributed by atoms with Gasteiger partial charge in [0.2, 0.25) is 0 Å². The van der Waals surface area contributed by atoms with Gasteiger partial charge in [0.15, 0.2) is 18.9 Å². The number of aliphatic hydroxyl groups excluding tert-OH is 8. The summed E-state index contributed by atoms with van der Waals surface area (Å²) in [5.41, 5.74) is 0.844. The summed E-state index contributed by atoms with van der Waals surface area (Å²) in [6, 6.07) is 6.43. The van der Waals surface area contributed by atoms with Crippen molar-refractivity contribution in [2.24, 2.45) is 0 Å². The average Bonchev–Trinajstić information content (AvgIpc) is 2.93. The van der Waals surface area contributed by atoms with Crippen molar-refractivity contribution in [1.29, 1.82) is 0 Å². The topological polar surface area (TPSA) is 237 Å². The van der Waals surface area contributed by atoms with Gasteiger partial charge in [-0.05, 0) is 31.0 Å². The number of ether oxygens (including phenoxy) is 6. The molecule has 0 aliphatic carbocycles. The zero-order valence-corrected chi connectivity index (χ0v) is 21.7. The monoisotopic (exact) mass is 578 g/mol. The maximum absolute atomic E-state index is 10.8. The van der Waals surface area contributed by atoms with Gasteiger partial charge < -0.3 is 74.4 Å². The van der Waals surface area contributed by atoms with Gasteiger partial charge in [0.05, 0.1) is 25.9 Å². The predicted molar refractivity (Wildman–Crippen MR) is 129 cm³/mol. The highest BCUT2D eigenvalue weighted by atomic mass is 16.7. The molecule has 40 heavy (non-hydrogen) atoms. The molecular weight excluding hydrogens is 540 g/mol. The van der Waals surface area contributed by atoms with E-state index >= 15 is 0 Å². The Bertz CT molecular complexity index is 920. The first-order chi connectivity index (χ1) is 19.0. The molecule has 4 rings (SSSR count). The number of rotatable bonds is 9. The molecule has 0 bridgehead atoms. The molecule has 0 amide bonds. The second-order valence-electron chi connectivity index (χ2n) is 10.2. The standard InChI is InChI=1S/C25H38O15/c1-10-15(28)22(40-24-19(32)16(29)13(27)8-36-24)21(34)25(38-10)37-9-14-17(30)18(31)20(33)23(39-14)35-7-6-11-2-4-12(26)5-3-11/h2-5,10,13-34H,6-9H2,1H3/t10-,13+,14+,15-,16-,17+,18-,19+,20+,21+,22+,23+,24-,25+/m0/s1. The molecule has 1 aromatic carbocycles. The van der Waals surface area contributed by atoms with E-state index < -0.39 is 92.6 Å². The van der Waals surface area contributed by atoms with Gasteiger partial charge in [0.1, 0.15) is 66.8 Å². The summed E-state index contributed by atoms with van der Waals surface area (Å²) in [6.07, 6.45) is -19.7. The predicted octanol–water partition coefficient (Wildman–Crippen LogP) is -3.93. The number of benzene rings is 1. The van der Waals surface area contributed by atoms with Crippen molar-refractivity contribution in [1.82, 2.24) is 0 Å². The van der Waals surface area contributed by atoms with Crippen molar-refractivity contribution in [2.45, 2.75) is 99.4 Å². The quantitative estimate of drug-likeness (QED) is 0.136. The third-order valence-electron chi connectivity index (χ3n) is 7.23. The van der Waals surface area contributed by atoms with Gasteiger partial charge >= 0.3 is 0 Å². The van der Waals surface area contributed by atoms with Crippen molar-refractivity contribution in [3.05, 3.63) is 29.8 Å². The minimum Gasteiger partial charge on any atom is -0.508 e. The van der Waals surface area contributed by atoms with E-state index in [0.717, 1.165) is 5.56 Å². The zero-order chi connectivity index (χ0) is 29.1. The number of aromatic hydroxyl groups is 1. The third kappa shape index (κ3) is 7.08. The van der Waals surface area contributed by atoms with Crippen LogP contribution in [0.2, 0.25) is 0 Å². The Morgan fingerprint density at radius 3 is 2.08 bits per heavy atom. The maximum Gasteiger partial charge on any atom is 0.186 e. The molecule has 228 valence electrons. The van der Waals surface area contributed by atoms with E-state index in [1.54, 1.807) is 12.1 Å². The Labute approximate surface area is 229 Å². The minimum absolute atomic E-state index is 0.0859. The van der Waals surface area contributed by atoms with Crippen LogP contribution in [0.5, 0.6) is 5.75 Å². The third-order valence-corrected chi connectivity index (χ3v) is 7.23.